The third kappa shape index (κ3) is 7.13. The molecule has 1 aromatic rings. The molecule has 0 spiro atoms. The highest BCUT2D eigenvalue weighted by molar-refractivity contribution is 8.07. The second-order valence-corrected chi connectivity index (χ2v) is 8.76. The molecule has 0 aliphatic carbocycles. The van der Waals surface area contributed by atoms with Crippen molar-refractivity contribution >= 4 is 59.5 Å². The molecule has 11 heteroatoms. The lowest BCUT2D eigenvalue weighted by Gasteiger charge is -2.21. The molecule has 1 N–H and O–H groups in total. The summed E-state index contributed by atoms with van der Waals surface area (Å²) in [5.74, 6) is -0.532. The summed E-state index contributed by atoms with van der Waals surface area (Å²) in [5.41, 5.74) is 0. The fourth-order valence-corrected chi connectivity index (χ4v) is 4.78. The second kappa shape index (κ2) is 10.0. The predicted molar refractivity (Wildman–Crippen MR) is 95.4 cm³/mol. The largest absolute Gasteiger partial charge is 0.481 e. The first-order valence-electron chi connectivity index (χ1n) is 6.60. The molecular formula is C12H16Cl2NO5PS2. The van der Waals surface area contributed by atoms with Crippen molar-refractivity contribution in [2.45, 2.75) is 25.3 Å². The van der Waals surface area contributed by atoms with Crippen molar-refractivity contribution in [1.29, 1.82) is 0 Å². The van der Waals surface area contributed by atoms with E-state index in [2.05, 4.69) is 4.98 Å². The molecule has 0 aliphatic rings. The molecule has 23 heavy (non-hydrogen) atoms. The van der Waals surface area contributed by atoms with Crippen LogP contribution in [0, 0.1) is 0 Å². The first-order chi connectivity index (χ1) is 10.8. The molecule has 0 aliphatic heterocycles. The first-order valence-corrected chi connectivity index (χ1v) is 10.9. The summed E-state index contributed by atoms with van der Waals surface area (Å²) < 4.78 is 16.3. The monoisotopic (exact) mass is 419 g/mol. The van der Waals surface area contributed by atoms with E-state index in [1.54, 1.807) is 13.8 Å². The number of hydrogen-bond acceptors (Lipinski definition) is 7. The molecule has 0 unspecified atom stereocenters. The van der Waals surface area contributed by atoms with Crippen LogP contribution >= 0.6 is 41.7 Å². The number of aromatic nitrogens is 1. The van der Waals surface area contributed by atoms with Gasteiger partial charge in [0, 0.05) is 17.6 Å². The van der Waals surface area contributed by atoms with Gasteiger partial charge in [-0.05, 0) is 19.9 Å². The number of rotatable bonds is 10. The Kier molecular flexibility index (Phi) is 9.15. The molecule has 1 heterocycles. The maximum Gasteiger partial charge on any atom is 0.381 e. The van der Waals surface area contributed by atoms with Crippen LogP contribution in [0.1, 0.15) is 20.3 Å². The van der Waals surface area contributed by atoms with Crippen LogP contribution in [0.4, 0.5) is 0 Å². The summed E-state index contributed by atoms with van der Waals surface area (Å²) in [5, 5.41) is 9.56. The number of aliphatic carboxylic acids is 1. The number of nitrogens with zero attached hydrogens (tertiary/aromatic N) is 1. The minimum atomic E-state index is -3.00. The zero-order chi connectivity index (χ0) is 17.5. The Morgan fingerprint density at radius 3 is 2.48 bits per heavy atom. The van der Waals surface area contributed by atoms with Gasteiger partial charge in [0.15, 0.2) is 0 Å². The molecule has 0 radical (unpaired) electrons. The van der Waals surface area contributed by atoms with E-state index in [0.29, 0.717) is 29.0 Å². The van der Waals surface area contributed by atoms with Crippen molar-refractivity contribution in [2.75, 3.05) is 19.0 Å². The van der Waals surface area contributed by atoms with Crippen molar-refractivity contribution < 1.29 is 23.5 Å². The van der Waals surface area contributed by atoms with Crippen LogP contribution in [0.15, 0.2) is 11.1 Å². The van der Waals surface area contributed by atoms with Gasteiger partial charge in [0.25, 0.3) is 0 Å². The van der Waals surface area contributed by atoms with Crippen molar-refractivity contribution in [2.24, 2.45) is 0 Å². The standard InChI is InChI=1S/C12H16Cl2NO5PS2/c1-3-18-21(22,19-4-2)20-11-8(13)7-9(14)12(15-11)23-6-5-10(16)17/h7H,3-6H2,1-2H3,(H,16,17). The maximum atomic E-state index is 10.6. The molecule has 0 amide bonds. The number of carboxylic acids is 1. The number of carboxylic acid groups (broad SMARTS) is 1. The predicted octanol–water partition coefficient (Wildman–Crippen LogP) is 4.63. The van der Waals surface area contributed by atoms with E-state index in [1.165, 1.54) is 17.8 Å². The van der Waals surface area contributed by atoms with Crippen LogP contribution < -0.4 is 4.52 Å². The molecular weight excluding hydrogens is 404 g/mol. The van der Waals surface area contributed by atoms with Gasteiger partial charge in [0.2, 0.25) is 5.88 Å². The SMILES string of the molecule is CCOP(=S)(OCC)Oc1nc(SCCC(=O)O)c(Cl)cc1Cl. The highest BCUT2D eigenvalue weighted by Gasteiger charge is 2.24. The van der Waals surface area contributed by atoms with Crippen molar-refractivity contribution in [3.05, 3.63) is 16.1 Å². The van der Waals surface area contributed by atoms with Gasteiger partial charge in [-0.1, -0.05) is 23.2 Å². The fourth-order valence-electron chi connectivity index (χ4n) is 1.35. The van der Waals surface area contributed by atoms with Crippen LogP contribution in [-0.4, -0.2) is 35.0 Å². The minimum absolute atomic E-state index is 0.0165. The third-order valence-electron chi connectivity index (χ3n) is 2.19. The summed E-state index contributed by atoms with van der Waals surface area (Å²) in [6.07, 6.45) is -0.0165. The van der Waals surface area contributed by atoms with Gasteiger partial charge < -0.3 is 9.63 Å². The molecule has 6 nitrogen and oxygen atoms in total. The molecule has 1 aromatic heterocycles. The highest BCUT2D eigenvalue weighted by atomic mass is 35.5. The second-order valence-electron chi connectivity index (χ2n) is 3.93. The minimum Gasteiger partial charge on any atom is -0.481 e. The lowest BCUT2D eigenvalue weighted by molar-refractivity contribution is -0.136. The number of hydrogen-bond donors (Lipinski definition) is 1. The van der Waals surface area contributed by atoms with Crippen molar-refractivity contribution in [1.82, 2.24) is 4.98 Å². The van der Waals surface area contributed by atoms with Crippen LogP contribution in [0.5, 0.6) is 5.88 Å². The van der Waals surface area contributed by atoms with Crippen molar-refractivity contribution in [3.8, 4) is 5.88 Å². The summed E-state index contributed by atoms with van der Waals surface area (Å²) in [6, 6.07) is 1.46. The molecule has 0 saturated carbocycles. The Morgan fingerprint density at radius 2 is 1.96 bits per heavy atom. The summed E-state index contributed by atoms with van der Waals surface area (Å²) >= 11 is 18.6. The summed E-state index contributed by atoms with van der Waals surface area (Å²) in [6.45, 7) is 1.18. The Balaban J connectivity index is 2.97. The fraction of sp³-hybridized carbons (Fsp3) is 0.500. The van der Waals surface area contributed by atoms with E-state index >= 15 is 0 Å². The van der Waals surface area contributed by atoms with E-state index in [0.717, 1.165) is 0 Å². The maximum absolute atomic E-state index is 10.6. The number of carbonyl (C=O) groups is 1. The quantitative estimate of drug-likeness (QED) is 0.434. The molecule has 1 rings (SSSR count). The Hall–Kier alpha value is -0.0800. The van der Waals surface area contributed by atoms with Crippen LogP contribution in [0.3, 0.4) is 0 Å². The highest BCUT2D eigenvalue weighted by Crippen LogP contribution is 2.51. The molecule has 0 aromatic carbocycles. The third-order valence-corrected chi connectivity index (χ3v) is 6.26. The number of thioether (sulfide) groups is 1. The summed E-state index contributed by atoms with van der Waals surface area (Å²) in [4.78, 5) is 14.8. The smallest absolute Gasteiger partial charge is 0.381 e. The molecule has 0 fully saturated rings. The first kappa shape index (κ1) is 21.0. The van der Waals surface area contributed by atoms with E-state index in [4.69, 9.17) is 53.7 Å². The lowest BCUT2D eigenvalue weighted by Crippen LogP contribution is -2.04. The van der Waals surface area contributed by atoms with Gasteiger partial charge in [0.1, 0.15) is 10.0 Å². The van der Waals surface area contributed by atoms with Crippen molar-refractivity contribution in [3.63, 3.8) is 0 Å². The van der Waals surface area contributed by atoms with Gasteiger partial charge in [-0.2, -0.15) is 0 Å². The number of pyridine rings is 1. The van der Waals surface area contributed by atoms with Crippen LogP contribution in [-0.2, 0) is 25.6 Å². The van der Waals surface area contributed by atoms with Gasteiger partial charge in [-0.3, -0.25) is 13.8 Å². The van der Waals surface area contributed by atoms with Crippen LogP contribution in [0.25, 0.3) is 0 Å². The van der Waals surface area contributed by atoms with Gasteiger partial charge >= 0.3 is 12.7 Å². The Labute approximate surface area is 154 Å². The molecule has 130 valence electrons. The van der Waals surface area contributed by atoms with Gasteiger partial charge in [-0.15, -0.1) is 11.8 Å². The number of halogens is 2. The van der Waals surface area contributed by atoms with E-state index in [1.807, 2.05) is 0 Å². The molecule has 0 bridgehead atoms. The van der Waals surface area contributed by atoms with E-state index in [9.17, 15) is 4.79 Å². The lowest BCUT2D eigenvalue weighted by atomic mass is 10.5. The normalized spacial score (nSPS) is 11.5. The zero-order valence-corrected chi connectivity index (χ0v) is 16.5. The average molecular weight is 420 g/mol. The Bertz CT molecular complexity index is 595. The topological polar surface area (TPSA) is 77.9 Å². The van der Waals surface area contributed by atoms with Crippen LogP contribution in [0.2, 0.25) is 10.0 Å². The van der Waals surface area contributed by atoms with Gasteiger partial charge in [0.05, 0.1) is 24.7 Å². The zero-order valence-electron chi connectivity index (χ0n) is 12.5. The molecule has 0 saturated heterocycles. The molecule has 0 atom stereocenters. The Morgan fingerprint density at radius 1 is 1.35 bits per heavy atom. The van der Waals surface area contributed by atoms with Gasteiger partial charge in [-0.25, -0.2) is 4.98 Å². The average Bonchev–Trinajstić information content (AvgIpc) is 2.43. The van der Waals surface area contributed by atoms with E-state index < -0.39 is 12.7 Å². The van der Waals surface area contributed by atoms with E-state index in [-0.39, 0.29) is 17.3 Å². The summed E-state index contributed by atoms with van der Waals surface area (Å²) in [7, 11) is 0.